The predicted octanol–water partition coefficient (Wildman–Crippen LogP) is 3.63. The largest absolute Gasteiger partial charge is 0.472 e. The average molecular weight is 375 g/mol. The van der Waals surface area contributed by atoms with Gasteiger partial charge in [0.1, 0.15) is 6.26 Å². The first kappa shape index (κ1) is 17.3. The topological polar surface area (TPSA) is 71.3 Å². The summed E-state index contributed by atoms with van der Waals surface area (Å²) in [5.41, 5.74) is 2.26. The van der Waals surface area contributed by atoms with Crippen molar-refractivity contribution in [1.29, 1.82) is 0 Å². The molecular formula is C18H15ClN2O3S. The fourth-order valence-electron chi connectivity index (χ4n) is 2.32. The van der Waals surface area contributed by atoms with Crippen molar-refractivity contribution >= 4 is 34.8 Å². The second-order valence-electron chi connectivity index (χ2n) is 5.30. The molecule has 7 heteroatoms. The Balaban J connectivity index is 1.67. The molecule has 0 bridgehead atoms. The first-order valence-corrected chi connectivity index (χ1v) is 8.83. The van der Waals surface area contributed by atoms with Crippen LogP contribution in [-0.2, 0) is 4.79 Å². The molecule has 0 saturated carbocycles. The highest BCUT2D eigenvalue weighted by molar-refractivity contribution is 7.08. The summed E-state index contributed by atoms with van der Waals surface area (Å²) in [6.07, 6.45) is 2.73. The third kappa shape index (κ3) is 4.49. The Bertz CT molecular complexity index is 830. The van der Waals surface area contributed by atoms with Crippen LogP contribution >= 0.6 is 22.9 Å². The van der Waals surface area contributed by atoms with E-state index >= 15 is 0 Å². The second-order valence-corrected chi connectivity index (χ2v) is 6.52. The number of hydrogen-bond donors (Lipinski definition) is 2. The van der Waals surface area contributed by atoms with Gasteiger partial charge in [-0.25, -0.2) is 0 Å². The van der Waals surface area contributed by atoms with Crippen molar-refractivity contribution in [2.45, 2.75) is 6.04 Å². The summed E-state index contributed by atoms with van der Waals surface area (Å²) in [6.45, 7) is -0.127. The van der Waals surface area contributed by atoms with E-state index in [2.05, 4.69) is 10.6 Å². The van der Waals surface area contributed by atoms with E-state index in [0.717, 1.165) is 11.1 Å². The molecule has 3 aromatic rings. The number of benzene rings is 1. The smallest absolute Gasteiger partial charge is 0.254 e. The summed E-state index contributed by atoms with van der Waals surface area (Å²) in [4.78, 5) is 24.2. The lowest BCUT2D eigenvalue weighted by Crippen LogP contribution is -2.38. The molecule has 0 spiro atoms. The minimum atomic E-state index is -0.359. The molecule has 0 aliphatic rings. The van der Waals surface area contributed by atoms with E-state index in [9.17, 15) is 9.59 Å². The summed E-state index contributed by atoms with van der Waals surface area (Å²) in [6, 6.07) is 10.5. The highest BCUT2D eigenvalue weighted by Crippen LogP contribution is 2.25. The van der Waals surface area contributed by atoms with Crippen LogP contribution in [0.15, 0.2) is 64.1 Å². The van der Waals surface area contributed by atoms with Gasteiger partial charge in [0.25, 0.3) is 5.91 Å². The third-order valence-corrected chi connectivity index (χ3v) is 4.53. The molecule has 1 aromatic carbocycles. The van der Waals surface area contributed by atoms with Gasteiger partial charge in [0.2, 0.25) is 5.91 Å². The zero-order valence-corrected chi connectivity index (χ0v) is 14.6. The lowest BCUT2D eigenvalue weighted by molar-refractivity contribution is -0.120. The van der Waals surface area contributed by atoms with E-state index < -0.39 is 0 Å². The number of amides is 2. The molecule has 0 fully saturated rings. The van der Waals surface area contributed by atoms with E-state index in [1.54, 1.807) is 23.5 Å². The van der Waals surface area contributed by atoms with E-state index in [-0.39, 0.29) is 24.4 Å². The van der Waals surface area contributed by atoms with Gasteiger partial charge in [-0.15, -0.1) is 0 Å². The van der Waals surface area contributed by atoms with Gasteiger partial charge in [0, 0.05) is 5.02 Å². The van der Waals surface area contributed by atoms with Crippen LogP contribution in [0.4, 0.5) is 0 Å². The monoisotopic (exact) mass is 374 g/mol. The quantitative estimate of drug-likeness (QED) is 0.692. The minimum Gasteiger partial charge on any atom is -0.472 e. The predicted molar refractivity (Wildman–Crippen MR) is 96.8 cm³/mol. The van der Waals surface area contributed by atoms with E-state index in [4.69, 9.17) is 16.0 Å². The molecule has 2 aromatic heterocycles. The SMILES string of the molecule is O=C(CNC(=O)c1ccoc1)N[C@H](c1ccc(Cl)cc1)c1ccsc1. The summed E-state index contributed by atoms with van der Waals surface area (Å²) in [5.74, 6) is -0.648. The fraction of sp³-hybridized carbons (Fsp3) is 0.111. The number of carbonyl (C=O) groups is 2. The van der Waals surface area contributed by atoms with E-state index in [0.29, 0.717) is 10.6 Å². The molecule has 25 heavy (non-hydrogen) atoms. The Morgan fingerprint density at radius 3 is 2.56 bits per heavy atom. The first-order chi connectivity index (χ1) is 12.1. The molecule has 0 saturated heterocycles. The molecule has 0 radical (unpaired) electrons. The van der Waals surface area contributed by atoms with Crippen LogP contribution in [0.25, 0.3) is 0 Å². The molecule has 3 rings (SSSR count). The molecule has 0 aliphatic carbocycles. The maximum absolute atomic E-state index is 12.3. The summed E-state index contributed by atoms with van der Waals surface area (Å²) in [5, 5.41) is 10.1. The van der Waals surface area contributed by atoms with Gasteiger partial charge in [-0.1, -0.05) is 23.7 Å². The van der Waals surface area contributed by atoms with Gasteiger partial charge in [0.05, 0.1) is 24.4 Å². The molecule has 128 valence electrons. The zero-order chi connectivity index (χ0) is 17.6. The molecular weight excluding hydrogens is 360 g/mol. The number of carbonyl (C=O) groups excluding carboxylic acids is 2. The fourth-order valence-corrected chi connectivity index (χ4v) is 3.13. The molecule has 2 amide bonds. The lowest BCUT2D eigenvalue weighted by Gasteiger charge is -2.19. The lowest BCUT2D eigenvalue weighted by atomic mass is 10.0. The Kier molecular flexibility index (Phi) is 5.53. The minimum absolute atomic E-state index is 0.127. The number of hydrogen-bond acceptors (Lipinski definition) is 4. The molecule has 5 nitrogen and oxygen atoms in total. The van der Waals surface area contributed by atoms with Gasteiger partial charge >= 0.3 is 0 Å². The van der Waals surface area contributed by atoms with Gasteiger partial charge in [-0.05, 0) is 46.2 Å². The third-order valence-electron chi connectivity index (χ3n) is 3.58. The van der Waals surface area contributed by atoms with Gasteiger partial charge in [0.15, 0.2) is 0 Å². The van der Waals surface area contributed by atoms with Crippen molar-refractivity contribution in [2.75, 3.05) is 6.54 Å². The number of halogens is 1. The molecule has 2 heterocycles. The van der Waals surface area contributed by atoms with Gasteiger partial charge < -0.3 is 15.1 Å². The highest BCUT2D eigenvalue weighted by atomic mass is 35.5. The maximum Gasteiger partial charge on any atom is 0.254 e. The Morgan fingerprint density at radius 2 is 1.92 bits per heavy atom. The number of rotatable bonds is 6. The summed E-state index contributed by atoms with van der Waals surface area (Å²) >= 11 is 7.49. The van der Waals surface area contributed by atoms with Crippen LogP contribution in [0.2, 0.25) is 5.02 Å². The van der Waals surface area contributed by atoms with E-state index in [1.165, 1.54) is 18.6 Å². The van der Waals surface area contributed by atoms with Crippen molar-refractivity contribution in [3.05, 3.63) is 81.4 Å². The van der Waals surface area contributed by atoms with Crippen LogP contribution in [0.5, 0.6) is 0 Å². The van der Waals surface area contributed by atoms with Crippen molar-refractivity contribution in [3.8, 4) is 0 Å². The number of thiophene rings is 1. The van der Waals surface area contributed by atoms with Crippen LogP contribution in [0.3, 0.4) is 0 Å². The highest BCUT2D eigenvalue weighted by Gasteiger charge is 2.18. The van der Waals surface area contributed by atoms with Crippen molar-refractivity contribution in [1.82, 2.24) is 10.6 Å². The average Bonchev–Trinajstić information content (AvgIpc) is 3.31. The van der Waals surface area contributed by atoms with Gasteiger partial charge in [-0.3, -0.25) is 9.59 Å². The Morgan fingerprint density at radius 1 is 1.12 bits per heavy atom. The molecule has 2 N–H and O–H groups in total. The van der Waals surface area contributed by atoms with Crippen LogP contribution in [-0.4, -0.2) is 18.4 Å². The Labute approximate surface area is 153 Å². The summed E-state index contributed by atoms with van der Waals surface area (Å²) < 4.78 is 4.85. The number of furan rings is 1. The zero-order valence-electron chi connectivity index (χ0n) is 13.1. The number of nitrogens with one attached hydrogen (secondary N) is 2. The molecule has 0 aliphatic heterocycles. The molecule has 0 unspecified atom stereocenters. The van der Waals surface area contributed by atoms with Crippen molar-refractivity contribution in [3.63, 3.8) is 0 Å². The van der Waals surface area contributed by atoms with Crippen LogP contribution in [0, 0.1) is 0 Å². The van der Waals surface area contributed by atoms with Crippen LogP contribution < -0.4 is 10.6 Å². The van der Waals surface area contributed by atoms with Gasteiger partial charge in [-0.2, -0.15) is 11.3 Å². The normalized spacial score (nSPS) is 11.7. The van der Waals surface area contributed by atoms with Crippen molar-refractivity contribution in [2.24, 2.45) is 0 Å². The van der Waals surface area contributed by atoms with E-state index in [1.807, 2.05) is 29.0 Å². The first-order valence-electron chi connectivity index (χ1n) is 7.51. The second kappa shape index (κ2) is 8.00. The van der Waals surface area contributed by atoms with Crippen LogP contribution in [0.1, 0.15) is 27.5 Å². The summed E-state index contributed by atoms with van der Waals surface area (Å²) in [7, 11) is 0. The Hall–Kier alpha value is -2.57. The van der Waals surface area contributed by atoms with Crippen molar-refractivity contribution < 1.29 is 14.0 Å². The standard InChI is InChI=1S/C18H15ClN2O3S/c19-15-3-1-12(2-4-15)17(14-6-8-25-11-14)21-16(22)9-20-18(23)13-5-7-24-10-13/h1-8,10-11,17H,9H2,(H,20,23)(H,21,22)/t17-/m1/s1. The molecule has 1 atom stereocenters. The maximum atomic E-state index is 12.3.